The molecule has 3 rings (SSSR count). The molecule has 1 saturated heterocycles. The Balaban J connectivity index is 1.78. The van der Waals surface area contributed by atoms with Crippen molar-refractivity contribution in [1.29, 1.82) is 0 Å². The predicted molar refractivity (Wildman–Crippen MR) is 64.1 cm³/mol. The van der Waals surface area contributed by atoms with Gasteiger partial charge in [-0.3, -0.25) is 5.10 Å². The minimum absolute atomic E-state index is 0.261. The lowest BCUT2D eigenvalue weighted by molar-refractivity contribution is 0.192. The van der Waals surface area contributed by atoms with Gasteiger partial charge in [0.2, 0.25) is 0 Å². The van der Waals surface area contributed by atoms with E-state index in [1.54, 1.807) is 0 Å². The van der Waals surface area contributed by atoms with Crippen molar-refractivity contribution in [3.05, 3.63) is 17.6 Å². The second-order valence-electron chi connectivity index (χ2n) is 4.55. The summed E-state index contributed by atoms with van der Waals surface area (Å²) in [5, 5.41) is 11.2. The van der Waals surface area contributed by atoms with Gasteiger partial charge in [-0.1, -0.05) is 18.5 Å². The monoisotopic (exact) mass is 248 g/mol. The molecule has 18 heavy (non-hydrogen) atoms. The van der Waals surface area contributed by atoms with Crippen LogP contribution in [0.15, 0.2) is 10.6 Å². The summed E-state index contributed by atoms with van der Waals surface area (Å²) in [7, 11) is 0. The fourth-order valence-corrected chi connectivity index (χ4v) is 2.11. The third-order valence-electron chi connectivity index (χ3n) is 3.11. The van der Waals surface area contributed by atoms with E-state index in [1.807, 2.05) is 6.07 Å². The van der Waals surface area contributed by atoms with Crippen molar-refractivity contribution < 1.29 is 9.26 Å². The zero-order valence-corrected chi connectivity index (χ0v) is 10.3. The van der Waals surface area contributed by atoms with E-state index in [0.29, 0.717) is 12.5 Å². The summed E-state index contributed by atoms with van der Waals surface area (Å²) in [6, 6.07) is 1.96. The zero-order valence-electron chi connectivity index (χ0n) is 10.3. The quantitative estimate of drug-likeness (QED) is 0.894. The van der Waals surface area contributed by atoms with Gasteiger partial charge in [0.25, 0.3) is 5.89 Å². The molecule has 1 aliphatic rings. The van der Waals surface area contributed by atoms with E-state index in [2.05, 4.69) is 27.3 Å². The second-order valence-corrected chi connectivity index (χ2v) is 4.55. The molecule has 2 aromatic heterocycles. The highest BCUT2D eigenvalue weighted by molar-refractivity contribution is 5.46. The first-order valence-corrected chi connectivity index (χ1v) is 6.33. The van der Waals surface area contributed by atoms with E-state index in [9.17, 15) is 0 Å². The topological polar surface area (TPSA) is 76.8 Å². The number of hydrogen-bond donors (Lipinski definition) is 1. The van der Waals surface area contributed by atoms with Gasteiger partial charge in [0.15, 0.2) is 11.5 Å². The number of hydrogen-bond acceptors (Lipinski definition) is 5. The second kappa shape index (κ2) is 4.89. The molecule has 0 spiro atoms. The summed E-state index contributed by atoms with van der Waals surface area (Å²) in [6.45, 7) is 3.59. The molecule has 0 aliphatic carbocycles. The standard InChI is InChI=1S/C12H16N4O2/c1-2-3-9-6-10(15-14-9)12-13-11(16-18-12)8-4-5-17-7-8/h6,8H,2-5,7H2,1H3,(H,14,15)/t8-/m0/s1. The maximum absolute atomic E-state index is 5.32. The molecule has 0 saturated carbocycles. The summed E-state index contributed by atoms with van der Waals surface area (Å²) in [5.41, 5.74) is 1.81. The molecule has 0 bridgehead atoms. The van der Waals surface area contributed by atoms with Gasteiger partial charge in [0, 0.05) is 18.2 Å². The van der Waals surface area contributed by atoms with Crippen LogP contribution >= 0.6 is 0 Å². The molecule has 0 amide bonds. The third kappa shape index (κ3) is 2.15. The Morgan fingerprint density at radius 2 is 2.44 bits per heavy atom. The molecule has 6 nitrogen and oxygen atoms in total. The summed E-state index contributed by atoms with van der Waals surface area (Å²) < 4.78 is 10.6. The van der Waals surface area contributed by atoms with Crippen LogP contribution in [0.5, 0.6) is 0 Å². The van der Waals surface area contributed by atoms with Crippen LogP contribution < -0.4 is 0 Å². The van der Waals surface area contributed by atoms with Gasteiger partial charge in [0.05, 0.1) is 6.61 Å². The summed E-state index contributed by atoms with van der Waals surface area (Å²) in [6.07, 6.45) is 3.02. The molecule has 0 radical (unpaired) electrons. The van der Waals surface area contributed by atoms with Gasteiger partial charge in [0.1, 0.15) is 0 Å². The molecule has 96 valence electrons. The van der Waals surface area contributed by atoms with Crippen molar-refractivity contribution >= 4 is 0 Å². The van der Waals surface area contributed by atoms with Crippen LogP contribution in [0, 0.1) is 0 Å². The average Bonchev–Trinajstić information content (AvgIpc) is 3.10. The van der Waals surface area contributed by atoms with Crippen LogP contribution in [-0.2, 0) is 11.2 Å². The van der Waals surface area contributed by atoms with Gasteiger partial charge in [-0.15, -0.1) is 0 Å². The Morgan fingerprint density at radius 3 is 3.22 bits per heavy atom. The molecule has 1 N–H and O–H groups in total. The number of ether oxygens (including phenoxy) is 1. The summed E-state index contributed by atoms with van der Waals surface area (Å²) >= 11 is 0. The van der Waals surface area contributed by atoms with Crippen molar-refractivity contribution in [2.45, 2.75) is 32.1 Å². The van der Waals surface area contributed by atoms with Gasteiger partial charge in [-0.2, -0.15) is 10.1 Å². The Kier molecular flexibility index (Phi) is 3.10. The Labute approximate surface area is 105 Å². The first kappa shape index (κ1) is 11.4. The minimum Gasteiger partial charge on any atom is -0.381 e. The van der Waals surface area contributed by atoms with Crippen molar-refractivity contribution in [1.82, 2.24) is 20.3 Å². The molecular formula is C12H16N4O2. The maximum Gasteiger partial charge on any atom is 0.278 e. The minimum atomic E-state index is 0.261. The van der Waals surface area contributed by atoms with Gasteiger partial charge >= 0.3 is 0 Å². The molecule has 6 heteroatoms. The van der Waals surface area contributed by atoms with Crippen molar-refractivity contribution in [2.75, 3.05) is 13.2 Å². The van der Waals surface area contributed by atoms with E-state index in [-0.39, 0.29) is 5.92 Å². The fraction of sp³-hybridized carbons (Fsp3) is 0.583. The van der Waals surface area contributed by atoms with Crippen LogP contribution in [0.1, 0.15) is 37.2 Å². The summed E-state index contributed by atoms with van der Waals surface area (Å²) in [5.74, 6) is 1.47. The summed E-state index contributed by atoms with van der Waals surface area (Å²) in [4.78, 5) is 4.40. The molecule has 1 aliphatic heterocycles. The smallest absolute Gasteiger partial charge is 0.278 e. The van der Waals surface area contributed by atoms with Crippen LogP contribution in [0.2, 0.25) is 0 Å². The zero-order chi connectivity index (χ0) is 12.4. The molecule has 1 fully saturated rings. The molecule has 2 aromatic rings. The maximum atomic E-state index is 5.32. The average molecular weight is 248 g/mol. The fourth-order valence-electron chi connectivity index (χ4n) is 2.11. The first-order valence-electron chi connectivity index (χ1n) is 6.33. The molecular weight excluding hydrogens is 232 g/mol. The molecule has 0 aromatic carbocycles. The molecule has 3 heterocycles. The van der Waals surface area contributed by atoms with Crippen molar-refractivity contribution in [2.24, 2.45) is 0 Å². The van der Waals surface area contributed by atoms with Gasteiger partial charge in [-0.25, -0.2) is 0 Å². The Bertz CT molecular complexity index is 514. The Hall–Kier alpha value is -1.69. The van der Waals surface area contributed by atoms with E-state index in [0.717, 1.165) is 43.1 Å². The number of nitrogens with zero attached hydrogens (tertiary/aromatic N) is 3. The lowest BCUT2D eigenvalue weighted by atomic mass is 10.1. The largest absolute Gasteiger partial charge is 0.381 e. The highest BCUT2D eigenvalue weighted by Gasteiger charge is 2.24. The van der Waals surface area contributed by atoms with Crippen LogP contribution in [0.25, 0.3) is 11.6 Å². The van der Waals surface area contributed by atoms with Crippen LogP contribution in [0.3, 0.4) is 0 Å². The van der Waals surface area contributed by atoms with Gasteiger partial charge in [-0.05, 0) is 18.9 Å². The number of aromatic amines is 1. The lowest BCUT2D eigenvalue weighted by Gasteiger charge is -1.97. The van der Waals surface area contributed by atoms with Gasteiger partial charge < -0.3 is 9.26 Å². The van der Waals surface area contributed by atoms with Crippen molar-refractivity contribution in [3.8, 4) is 11.6 Å². The molecule has 1 atom stereocenters. The van der Waals surface area contributed by atoms with E-state index in [1.165, 1.54) is 0 Å². The first-order chi connectivity index (χ1) is 8.86. The number of aryl methyl sites for hydroxylation is 1. The van der Waals surface area contributed by atoms with E-state index in [4.69, 9.17) is 9.26 Å². The number of H-pyrrole nitrogens is 1. The number of nitrogens with one attached hydrogen (secondary N) is 1. The third-order valence-corrected chi connectivity index (χ3v) is 3.11. The van der Waals surface area contributed by atoms with Crippen molar-refractivity contribution in [3.63, 3.8) is 0 Å². The van der Waals surface area contributed by atoms with Crippen LogP contribution in [0.4, 0.5) is 0 Å². The normalized spacial score (nSPS) is 19.5. The van der Waals surface area contributed by atoms with E-state index < -0.39 is 0 Å². The highest BCUT2D eigenvalue weighted by Crippen LogP contribution is 2.25. The highest BCUT2D eigenvalue weighted by atomic mass is 16.5. The Morgan fingerprint density at radius 1 is 1.50 bits per heavy atom. The van der Waals surface area contributed by atoms with E-state index >= 15 is 0 Å². The lowest BCUT2D eigenvalue weighted by Crippen LogP contribution is -1.99. The SMILES string of the molecule is CCCc1cc(-c2nc([C@H]3CCOC3)no2)n[nH]1. The number of aromatic nitrogens is 4. The number of rotatable bonds is 4. The predicted octanol–water partition coefficient (Wildman–Crippen LogP) is 1.92. The molecule has 0 unspecified atom stereocenters. The van der Waals surface area contributed by atoms with Crippen LogP contribution in [-0.4, -0.2) is 33.6 Å².